The fourth-order valence-corrected chi connectivity index (χ4v) is 1.08. The predicted octanol–water partition coefficient (Wildman–Crippen LogP) is 0.903. The molecule has 0 aliphatic carbocycles. The average molecular weight is 216 g/mol. The SMILES string of the molecule is CCCNC(COCCC(C)C)C(N)=O. The first-order valence-corrected chi connectivity index (χ1v) is 5.68. The maximum absolute atomic E-state index is 11.0. The van der Waals surface area contributed by atoms with E-state index in [4.69, 9.17) is 10.5 Å². The van der Waals surface area contributed by atoms with Crippen LogP contribution in [0.1, 0.15) is 33.6 Å². The molecule has 0 rings (SSSR count). The van der Waals surface area contributed by atoms with Crippen LogP contribution in [-0.4, -0.2) is 31.7 Å². The van der Waals surface area contributed by atoms with Crippen molar-refractivity contribution < 1.29 is 9.53 Å². The van der Waals surface area contributed by atoms with Crippen molar-refractivity contribution in [2.45, 2.75) is 39.7 Å². The number of hydrogen-bond donors (Lipinski definition) is 2. The molecule has 1 amide bonds. The summed E-state index contributed by atoms with van der Waals surface area (Å²) in [5.74, 6) is 0.286. The Morgan fingerprint density at radius 2 is 2.13 bits per heavy atom. The van der Waals surface area contributed by atoms with E-state index in [1.807, 2.05) is 6.92 Å². The summed E-state index contributed by atoms with van der Waals surface area (Å²) in [6.07, 6.45) is 2.00. The lowest BCUT2D eigenvalue weighted by Gasteiger charge is -2.15. The van der Waals surface area contributed by atoms with Gasteiger partial charge in [0.1, 0.15) is 6.04 Å². The van der Waals surface area contributed by atoms with E-state index in [0.29, 0.717) is 19.1 Å². The topological polar surface area (TPSA) is 64.3 Å². The molecule has 0 fully saturated rings. The maximum atomic E-state index is 11.0. The van der Waals surface area contributed by atoms with Crippen molar-refractivity contribution in [3.05, 3.63) is 0 Å². The smallest absolute Gasteiger partial charge is 0.236 e. The first-order chi connectivity index (χ1) is 7.07. The van der Waals surface area contributed by atoms with E-state index in [1.54, 1.807) is 0 Å². The molecule has 4 nitrogen and oxygen atoms in total. The Morgan fingerprint density at radius 1 is 1.47 bits per heavy atom. The Hall–Kier alpha value is -0.610. The van der Waals surface area contributed by atoms with E-state index >= 15 is 0 Å². The predicted molar refractivity (Wildman–Crippen MR) is 61.6 cm³/mol. The third-order valence-electron chi connectivity index (χ3n) is 2.11. The number of carbonyl (C=O) groups excluding carboxylic acids is 1. The quantitative estimate of drug-likeness (QED) is 0.563. The molecule has 0 aromatic heterocycles. The van der Waals surface area contributed by atoms with Crippen LogP contribution in [0.3, 0.4) is 0 Å². The fourth-order valence-electron chi connectivity index (χ4n) is 1.08. The van der Waals surface area contributed by atoms with Gasteiger partial charge in [-0.1, -0.05) is 20.8 Å². The van der Waals surface area contributed by atoms with Gasteiger partial charge in [-0.05, 0) is 25.3 Å². The van der Waals surface area contributed by atoms with Gasteiger partial charge >= 0.3 is 0 Å². The molecule has 0 aromatic carbocycles. The average Bonchev–Trinajstić information content (AvgIpc) is 2.15. The molecule has 0 aliphatic rings. The van der Waals surface area contributed by atoms with Crippen LogP contribution in [-0.2, 0) is 9.53 Å². The van der Waals surface area contributed by atoms with Gasteiger partial charge in [0.2, 0.25) is 5.91 Å². The molecular formula is C11H24N2O2. The first kappa shape index (κ1) is 14.4. The summed E-state index contributed by atoms with van der Waals surface area (Å²) < 4.78 is 5.40. The lowest BCUT2D eigenvalue weighted by molar-refractivity contribution is -0.121. The molecular weight excluding hydrogens is 192 g/mol. The Bertz CT molecular complexity index is 172. The fraction of sp³-hybridized carbons (Fsp3) is 0.909. The van der Waals surface area contributed by atoms with Crippen molar-refractivity contribution >= 4 is 5.91 Å². The summed E-state index contributed by atoms with van der Waals surface area (Å²) in [4.78, 5) is 11.0. The molecule has 1 atom stereocenters. The van der Waals surface area contributed by atoms with Gasteiger partial charge in [-0.2, -0.15) is 0 Å². The van der Waals surface area contributed by atoms with Crippen LogP contribution in [0.4, 0.5) is 0 Å². The van der Waals surface area contributed by atoms with E-state index in [0.717, 1.165) is 19.4 Å². The lowest BCUT2D eigenvalue weighted by atomic mass is 10.1. The number of hydrogen-bond acceptors (Lipinski definition) is 3. The molecule has 0 heterocycles. The van der Waals surface area contributed by atoms with Crippen molar-refractivity contribution in [1.82, 2.24) is 5.32 Å². The van der Waals surface area contributed by atoms with E-state index in [1.165, 1.54) is 0 Å². The van der Waals surface area contributed by atoms with Crippen molar-refractivity contribution in [2.24, 2.45) is 11.7 Å². The summed E-state index contributed by atoms with van der Waals surface area (Å²) in [6, 6.07) is -0.350. The summed E-state index contributed by atoms with van der Waals surface area (Å²) in [6.45, 7) is 8.19. The van der Waals surface area contributed by atoms with Gasteiger partial charge in [0.25, 0.3) is 0 Å². The second-order valence-electron chi connectivity index (χ2n) is 4.17. The van der Waals surface area contributed by atoms with Crippen LogP contribution in [0.15, 0.2) is 0 Å². The lowest BCUT2D eigenvalue weighted by Crippen LogP contribution is -2.45. The zero-order valence-corrected chi connectivity index (χ0v) is 10.1. The Labute approximate surface area is 92.6 Å². The molecule has 0 aromatic rings. The minimum atomic E-state index is -0.350. The van der Waals surface area contributed by atoms with Crippen LogP contribution in [0.25, 0.3) is 0 Å². The van der Waals surface area contributed by atoms with Crippen molar-refractivity contribution in [1.29, 1.82) is 0 Å². The Morgan fingerprint density at radius 3 is 2.60 bits per heavy atom. The third kappa shape index (κ3) is 8.39. The monoisotopic (exact) mass is 216 g/mol. The number of nitrogens with two attached hydrogens (primary N) is 1. The van der Waals surface area contributed by atoms with Gasteiger partial charge in [-0.3, -0.25) is 4.79 Å². The van der Waals surface area contributed by atoms with Crippen LogP contribution < -0.4 is 11.1 Å². The highest BCUT2D eigenvalue weighted by Crippen LogP contribution is 1.99. The van der Waals surface area contributed by atoms with Crippen LogP contribution in [0.2, 0.25) is 0 Å². The molecule has 0 saturated heterocycles. The Balaban J connectivity index is 3.62. The van der Waals surface area contributed by atoms with Crippen molar-refractivity contribution in [2.75, 3.05) is 19.8 Å². The van der Waals surface area contributed by atoms with Gasteiger partial charge in [0.05, 0.1) is 6.61 Å². The molecule has 90 valence electrons. The molecule has 15 heavy (non-hydrogen) atoms. The van der Waals surface area contributed by atoms with E-state index in [9.17, 15) is 4.79 Å². The molecule has 3 N–H and O–H groups in total. The van der Waals surface area contributed by atoms with E-state index < -0.39 is 0 Å². The van der Waals surface area contributed by atoms with Crippen LogP contribution in [0.5, 0.6) is 0 Å². The number of nitrogens with one attached hydrogen (secondary N) is 1. The highest BCUT2D eigenvalue weighted by atomic mass is 16.5. The summed E-state index contributed by atoms with van der Waals surface area (Å²) in [7, 11) is 0. The second-order valence-corrected chi connectivity index (χ2v) is 4.17. The molecule has 0 spiro atoms. The number of primary amides is 1. The Kier molecular flexibility index (Phi) is 8.33. The van der Waals surface area contributed by atoms with Gasteiger partial charge in [-0.25, -0.2) is 0 Å². The molecule has 0 saturated carbocycles. The standard InChI is InChI=1S/C11H24N2O2/c1-4-6-13-10(11(12)14)8-15-7-5-9(2)3/h9-10,13H,4-8H2,1-3H3,(H2,12,14). The number of ether oxygens (including phenoxy) is 1. The summed E-state index contributed by atoms with van der Waals surface area (Å²) in [5, 5.41) is 3.06. The van der Waals surface area contributed by atoms with E-state index in [2.05, 4.69) is 19.2 Å². The largest absolute Gasteiger partial charge is 0.379 e. The maximum Gasteiger partial charge on any atom is 0.236 e. The molecule has 4 heteroatoms. The minimum Gasteiger partial charge on any atom is -0.379 e. The molecule has 0 radical (unpaired) electrons. The van der Waals surface area contributed by atoms with Gasteiger partial charge in [0.15, 0.2) is 0 Å². The van der Waals surface area contributed by atoms with Gasteiger partial charge in [-0.15, -0.1) is 0 Å². The van der Waals surface area contributed by atoms with Gasteiger partial charge in [0, 0.05) is 6.61 Å². The van der Waals surface area contributed by atoms with Gasteiger partial charge < -0.3 is 15.8 Å². The summed E-state index contributed by atoms with van der Waals surface area (Å²) >= 11 is 0. The normalized spacial score (nSPS) is 13.1. The molecule has 0 bridgehead atoms. The second kappa shape index (κ2) is 8.68. The van der Waals surface area contributed by atoms with E-state index in [-0.39, 0.29) is 11.9 Å². The summed E-state index contributed by atoms with van der Waals surface area (Å²) in [5.41, 5.74) is 5.24. The molecule has 0 aliphatic heterocycles. The third-order valence-corrected chi connectivity index (χ3v) is 2.11. The number of amides is 1. The zero-order chi connectivity index (χ0) is 11.7. The first-order valence-electron chi connectivity index (χ1n) is 5.68. The molecule has 1 unspecified atom stereocenters. The number of carbonyl (C=O) groups is 1. The minimum absolute atomic E-state index is 0.340. The zero-order valence-electron chi connectivity index (χ0n) is 10.1. The highest BCUT2D eigenvalue weighted by Gasteiger charge is 2.13. The highest BCUT2D eigenvalue weighted by molar-refractivity contribution is 5.79. The van der Waals surface area contributed by atoms with Crippen LogP contribution >= 0.6 is 0 Å². The number of rotatable bonds is 9. The van der Waals surface area contributed by atoms with Crippen molar-refractivity contribution in [3.8, 4) is 0 Å². The van der Waals surface area contributed by atoms with Crippen LogP contribution in [0, 0.1) is 5.92 Å². The van der Waals surface area contributed by atoms with Crippen molar-refractivity contribution in [3.63, 3.8) is 0 Å².